The summed E-state index contributed by atoms with van der Waals surface area (Å²) in [7, 11) is 0. The van der Waals surface area contributed by atoms with E-state index in [-0.39, 0.29) is 5.91 Å². The van der Waals surface area contributed by atoms with Gasteiger partial charge >= 0.3 is 0 Å². The molecule has 3 aromatic rings. The zero-order valence-corrected chi connectivity index (χ0v) is 18.0. The van der Waals surface area contributed by atoms with Crippen molar-refractivity contribution in [1.82, 2.24) is 10.3 Å². The van der Waals surface area contributed by atoms with Crippen molar-refractivity contribution in [3.8, 4) is 0 Å². The van der Waals surface area contributed by atoms with Crippen LogP contribution in [0.4, 0.5) is 11.5 Å². The van der Waals surface area contributed by atoms with Gasteiger partial charge in [0.05, 0.1) is 5.52 Å². The molecule has 1 aliphatic heterocycles. The van der Waals surface area contributed by atoms with Gasteiger partial charge in [-0.3, -0.25) is 4.79 Å². The van der Waals surface area contributed by atoms with Gasteiger partial charge in [-0.05, 0) is 73.8 Å². The van der Waals surface area contributed by atoms with Crippen LogP contribution in [-0.4, -0.2) is 37.1 Å². The lowest BCUT2D eigenvalue weighted by atomic mass is 10.1. The van der Waals surface area contributed by atoms with Gasteiger partial charge in [-0.1, -0.05) is 23.7 Å². The number of aromatic nitrogens is 1. The summed E-state index contributed by atoms with van der Waals surface area (Å²) in [6.07, 6.45) is 2.24. The number of anilines is 2. The molecule has 1 fully saturated rings. The molecule has 1 amide bonds. The monoisotopic (exact) mass is 422 g/mol. The minimum absolute atomic E-state index is 0.00333. The van der Waals surface area contributed by atoms with E-state index in [2.05, 4.69) is 28.5 Å². The molecular weight excluding hydrogens is 396 g/mol. The Morgan fingerprint density at radius 1 is 1.13 bits per heavy atom. The highest BCUT2D eigenvalue weighted by Crippen LogP contribution is 2.26. The highest BCUT2D eigenvalue weighted by atomic mass is 35.5. The lowest BCUT2D eigenvalue weighted by Gasteiger charge is -2.22. The number of hydrogen-bond acceptors (Lipinski definition) is 4. The Morgan fingerprint density at radius 2 is 1.97 bits per heavy atom. The van der Waals surface area contributed by atoms with Crippen LogP contribution < -0.4 is 15.5 Å². The van der Waals surface area contributed by atoms with Gasteiger partial charge in [-0.15, -0.1) is 0 Å². The van der Waals surface area contributed by atoms with E-state index in [4.69, 9.17) is 16.6 Å². The fourth-order valence-electron chi connectivity index (χ4n) is 3.82. The summed E-state index contributed by atoms with van der Waals surface area (Å²) < 4.78 is 0. The summed E-state index contributed by atoms with van der Waals surface area (Å²) in [5.41, 5.74) is 4.04. The van der Waals surface area contributed by atoms with Crippen LogP contribution in [0, 0.1) is 6.92 Å². The maximum absolute atomic E-state index is 12.4. The van der Waals surface area contributed by atoms with Crippen LogP contribution in [0.3, 0.4) is 0 Å². The zero-order chi connectivity index (χ0) is 20.9. The van der Waals surface area contributed by atoms with Gasteiger partial charge in [0.1, 0.15) is 5.82 Å². The van der Waals surface area contributed by atoms with Crippen molar-refractivity contribution >= 4 is 39.9 Å². The topological polar surface area (TPSA) is 57.3 Å². The van der Waals surface area contributed by atoms with Crippen LogP contribution in [0.25, 0.3) is 10.9 Å². The molecule has 30 heavy (non-hydrogen) atoms. The van der Waals surface area contributed by atoms with E-state index in [1.54, 1.807) is 0 Å². The normalized spacial score (nSPS) is 14.5. The number of carbonyl (C=O) groups is 1. The Kier molecular flexibility index (Phi) is 6.50. The molecule has 2 N–H and O–H groups in total. The number of rotatable bonds is 5. The summed E-state index contributed by atoms with van der Waals surface area (Å²) >= 11 is 5.91. The standard InChI is InChI=1S/C24H27ClN4O/c1-17-15-23(29-13-2-11-26-12-14-29)28-22-9-8-20(16-21(17)22)27-24(30)10-5-18-3-6-19(25)7-4-18/h3-4,6-9,15-16,26H,2,5,10-14H2,1H3,(H,27,30). The maximum Gasteiger partial charge on any atom is 0.224 e. The number of fused-ring (bicyclic) bond motifs is 1. The number of hydrogen-bond donors (Lipinski definition) is 2. The number of carbonyl (C=O) groups excluding carboxylic acids is 1. The molecule has 0 bridgehead atoms. The molecule has 2 aromatic carbocycles. The third-order valence-corrected chi connectivity index (χ3v) is 5.76. The number of nitrogens with zero attached hydrogens (tertiary/aromatic N) is 2. The summed E-state index contributed by atoms with van der Waals surface area (Å²) in [5, 5.41) is 8.23. The summed E-state index contributed by atoms with van der Waals surface area (Å²) in [6.45, 7) is 6.14. The van der Waals surface area contributed by atoms with Crippen LogP contribution in [0.15, 0.2) is 48.5 Å². The molecule has 0 radical (unpaired) electrons. The molecule has 0 saturated carbocycles. The van der Waals surface area contributed by atoms with Crippen molar-refractivity contribution in [2.24, 2.45) is 0 Å². The van der Waals surface area contributed by atoms with Gasteiger partial charge < -0.3 is 15.5 Å². The predicted octanol–water partition coefficient (Wildman–Crippen LogP) is 4.57. The number of aryl methyl sites for hydroxylation is 2. The first-order valence-corrected chi connectivity index (χ1v) is 10.9. The van der Waals surface area contributed by atoms with Crippen molar-refractivity contribution in [2.75, 3.05) is 36.4 Å². The first-order chi connectivity index (χ1) is 14.6. The quantitative estimate of drug-likeness (QED) is 0.632. The fraction of sp³-hybridized carbons (Fsp3) is 0.333. The first kappa shape index (κ1) is 20.6. The van der Waals surface area contributed by atoms with E-state index in [1.807, 2.05) is 42.5 Å². The van der Waals surface area contributed by atoms with Crippen molar-refractivity contribution in [3.05, 3.63) is 64.7 Å². The Morgan fingerprint density at radius 3 is 2.80 bits per heavy atom. The number of benzene rings is 2. The summed E-state index contributed by atoms with van der Waals surface area (Å²) in [4.78, 5) is 19.6. The van der Waals surface area contributed by atoms with Gasteiger partial charge in [0.25, 0.3) is 0 Å². The first-order valence-electron chi connectivity index (χ1n) is 10.5. The van der Waals surface area contributed by atoms with Crippen molar-refractivity contribution < 1.29 is 4.79 Å². The number of halogens is 1. The lowest BCUT2D eigenvalue weighted by molar-refractivity contribution is -0.116. The molecule has 0 spiro atoms. The molecule has 0 unspecified atom stereocenters. The van der Waals surface area contributed by atoms with Crippen LogP contribution in [-0.2, 0) is 11.2 Å². The number of pyridine rings is 1. The van der Waals surface area contributed by atoms with Crippen molar-refractivity contribution in [2.45, 2.75) is 26.2 Å². The van der Waals surface area contributed by atoms with Gasteiger partial charge in [0, 0.05) is 42.2 Å². The molecule has 0 atom stereocenters. The zero-order valence-electron chi connectivity index (χ0n) is 17.2. The van der Waals surface area contributed by atoms with E-state index >= 15 is 0 Å². The van der Waals surface area contributed by atoms with Gasteiger partial charge in [0.15, 0.2) is 0 Å². The van der Waals surface area contributed by atoms with Crippen molar-refractivity contribution in [3.63, 3.8) is 0 Å². The van der Waals surface area contributed by atoms with E-state index < -0.39 is 0 Å². The molecule has 4 rings (SSSR count). The summed E-state index contributed by atoms with van der Waals surface area (Å²) in [5.74, 6) is 1.03. The second-order valence-electron chi connectivity index (χ2n) is 7.79. The minimum Gasteiger partial charge on any atom is -0.355 e. The SMILES string of the molecule is Cc1cc(N2CCCNCC2)nc2ccc(NC(=O)CCc3ccc(Cl)cc3)cc12. The third-order valence-electron chi connectivity index (χ3n) is 5.50. The van der Waals surface area contributed by atoms with Crippen LogP contribution in [0.2, 0.25) is 5.02 Å². The minimum atomic E-state index is 0.00333. The fourth-order valence-corrected chi connectivity index (χ4v) is 3.95. The van der Waals surface area contributed by atoms with E-state index in [0.717, 1.165) is 60.6 Å². The molecule has 6 heteroatoms. The number of amides is 1. The predicted molar refractivity (Wildman–Crippen MR) is 125 cm³/mol. The highest BCUT2D eigenvalue weighted by molar-refractivity contribution is 6.30. The molecule has 5 nitrogen and oxygen atoms in total. The largest absolute Gasteiger partial charge is 0.355 e. The molecule has 0 aliphatic carbocycles. The van der Waals surface area contributed by atoms with Gasteiger partial charge in [0.2, 0.25) is 5.91 Å². The van der Waals surface area contributed by atoms with Gasteiger partial charge in [-0.25, -0.2) is 4.98 Å². The smallest absolute Gasteiger partial charge is 0.224 e. The van der Waals surface area contributed by atoms with Gasteiger partial charge in [-0.2, -0.15) is 0 Å². The Balaban J connectivity index is 1.44. The molecule has 2 heterocycles. The maximum atomic E-state index is 12.4. The van der Waals surface area contributed by atoms with Crippen LogP contribution in [0.5, 0.6) is 0 Å². The lowest BCUT2D eigenvalue weighted by Crippen LogP contribution is -2.28. The average Bonchev–Trinajstić information content (AvgIpc) is 3.03. The summed E-state index contributed by atoms with van der Waals surface area (Å²) in [6, 6.07) is 15.7. The molecule has 1 aliphatic rings. The Labute approximate surface area is 182 Å². The van der Waals surface area contributed by atoms with E-state index in [0.29, 0.717) is 17.9 Å². The second kappa shape index (κ2) is 9.45. The Hall–Kier alpha value is -2.63. The molecule has 156 valence electrons. The number of nitrogens with one attached hydrogen (secondary N) is 2. The van der Waals surface area contributed by atoms with Crippen molar-refractivity contribution in [1.29, 1.82) is 0 Å². The van der Waals surface area contributed by atoms with E-state index in [1.165, 1.54) is 5.56 Å². The molecule has 1 aromatic heterocycles. The average molecular weight is 423 g/mol. The van der Waals surface area contributed by atoms with Crippen LogP contribution in [0.1, 0.15) is 24.0 Å². The molecular formula is C24H27ClN4O. The van der Waals surface area contributed by atoms with Crippen LogP contribution >= 0.6 is 11.6 Å². The second-order valence-corrected chi connectivity index (χ2v) is 8.23. The highest BCUT2D eigenvalue weighted by Gasteiger charge is 2.13. The Bertz CT molecular complexity index is 1030. The third kappa shape index (κ3) is 5.10. The van der Waals surface area contributed by atoms with E-state index in [9.17, 15) is 4.79 Å². The molecule has 1 saturated heterocycles.